The summed E-state index contributed by atoms with van der Waals surface area (Å²) in [6, 6.07) is 0. The molecule has 0 aromatic rings. The molecule has 1 aliphatic rings. The highest BCUT2D eigenvalue weighted by atomic mass is 35.5. The molecule has 1 aliphatic carbocycles. The van der Waals surface area contributed by atoms with Crippen LogP contribution in [0.4, 0.5) is 0 Å². The number of halogens is 1. The summed E-state index contributed by atoms with van der Waals surface area (Å²) >= 11 is 5.93. The predicted octanol–water partition coefficient (Wildman–Crippen LogP) is 1.84. The Balaban J connectivity index is 2.62. The second kappa shape index (κ2) is 1.72. The van der Waals surface area contributed by atoms with Gasteiger partial charge in [-0.1, -0.05) is 6.92 Å². The lowest BCUT2D eigenvalue weighted by Gasteiger charge is -1.93. The van der Waals surface area contributed by atoms with E-state index in [-0.39, 0.29) is 16.6 Å². The average molecular weight is 147 g/mol. The maximum absolute atomic E-state index is 10.7. The van der Waals surface area contributed by atoms with Crippen LogP contribution in [0.2, 0.25) is 0 Å². The van der Waals surface area contributed by atoms with Gasteiger partial charge >= 0.3 is 0 Å². The standard InChI is InChI=1S/C7H11ClO/c1-4-6(5(2)9)7(4,3)8/h4,6H,1-3H3/t4-,6+,7-/m1/s1. The minimum atomic E-state index is -0.230. The van der Waals surface area contributed by atoms with Crippen molar-refractivity contribution in [1.82, 2.24) is 0 Å². The molecule has 2 heteroatoms. The molecule has 1 saturated carbocycles. The van der Waals surface area contributed by atoms with Gasteiger partial charge in [0.1, 0.15) is 5.78 Å². The third-order valence-electron chi connectivity index (χ3n) is 2.33. The van der Waals surface area contributed by atoms with Crippen LogP contribution in [-0.4, -0.2) is 10.7 Å². The molecule has 0 aliphatic heterocycles. The first kappa shape index (κ1) is 7.07. The molecule has 0 heterocycles. The number of rotatable bonds is 1. The minimum Gasteiger partial charge on any atom is -0.300 e. The van der Waals surface area contributed by atoms with Crippen molar-refractivity contribution >= 4 is 17.4 Å². The van der Waals surface area contributed by atoms with Gasteiger partial charge in [0.25, 0.3) is 0 Å². The molecule has 0 aromatic carbocycles. The monoisotopic (exact) mass is 146 g/mol. The van der Waals surface area contributed by atoms with E-state index < -0.39 is 0 Å². The number of hydrogen-bond donors (Lipinski definition) is 0. The number of hydrogen-bond acceptors (Lipinski definition) is 1. The van der Waals surface area contributed by atoms with Gasteiger partial charge in [-0.15, -0.1) is 11.6 Å². The van der Waals surface area contributed by atoms with Crippen molar-refractivity contribution in [3.63, 3.8) is 0 Å². The van der Waals surface area contributed by atoms with E-state index in [1.165, 1.54) is 0 Å². The van der Waals surface area contributed by atoms with Crippen LogP contribution < -0.4 is 0 Å². The van der Waals surface area contributed by atoms with Gasteiger partial charge in [0.15, 0.2) is 0 Å². The first-order valence-corrected chi connectivity index (χ1v) is 3.55. The Morgan fingerprint density at radius 1 is 1.67 bits per heavy atom. The first-order chi connectivity index (χ1) is 3.98. The lowest BCUT2D eigenvalue weighted by molar-refractivity contribution is -0.118. The van der Waals surface area contributed by atoms with Crippen molar-refractivity contribution in [2.45, 2.75) is 25.6 Å². The zero-order valence-corrected chi connectivity index (χ0v) is 6.70. The van der Waals surface area contributed by atoms with E-state index in [4.69, 9.17) is 11.6 Å². The fourth-order valence-corrected chi connectivity index (χ4v) is 1.84. The average Bonchev–Trinajstić information content (AvgIpc) is 2.07. The van der Waals surface area contributed by atoms with Crippen LogP contribution in [0.5, 0.6) is 0 Å². The van der Waals surface area contributed by atoms with Gasteiger partial charge in [-0.2, -0.15) is 0 Å². The second-order valence-corrected chi connectivity index (χ2v) is 3.84. The highest BCUT2D eigenvalue weighted by Crippen LogP contribution is 2.55. The highest BCUT2D eigenvalue weighted by Gasteiger charge is 2.59. The van der Waals surface area contributed by atoms with E-state index in [0.29, 0.717) is 5.92 Å². The minimum absolute atomic E-state index is 0.110. The summed E-state index contributed by atoms with van der Waals surface area (Å²) < 4.78 is 0. The van der Waals surface area contributed by atoms with E-state index in [0.717, 1.165) is 0 Å². The number of carbonyl (C=O) groups excluding carboxylic acids is 1. The van der Waals surface area contributed by atoms with Crippen LogP contribution in [0.1, 0.15) is 20.8 Å². The van der Waals surface area contributed by atoms with Crippen LogP contribution in [0.15, 0.2) is 0 Å². The number of Topliss-reactive ketones (excluding diaryl/α,β-unsaturated/α-hetero) is 1. The van der Waals surface area contributed by atoms with Crippen LogP contribution in [0, 0.1) is 11.8 Å². The molecule has 0 radical (unpaired) electrons. The molecule has 3 atom stereocenters. The van der Waals surface area contributed by atoms with Gasteiger partial charge < -0.3 is 0 Å². The summed E-state index contributed by atoms with van der Waals surface area (Å²) in [5.41, 5.74) is 0. The van der Waals surface area contributed by atoms with Crippen molar-refractivity contribution in [3.05, 3.63) is 0 Å². The fourth-order valence-electron chi connectivity index (χ4n) is 1.44. The quantitative estimate of drug-likeness (QED) is 0.516. The SMILES string of the molecule is CC(=O)[C@@H]1[C@@H](C)[C@@]1(C)Cl. The van der Waals surface area contributed by atoms with Crippen molar-refractivity contribution in [3.8, 4) is 0 Å². The van der Waals surface area contributed by atoms with Gasteiger partial charge in [0, 0.05) is 5.92 Å². The molecule has 9 heavy (non-hydrogen) atoms. The molecule has 1 fully saturated rings. The Kier molecular flexibility index (Phi) is 1.35. The van der Waals surface area contributed by atoms with Gasteiger partial charge in [-0.05, 0) is 19.8 Å². The van der Waals surface area contributed by atoms with E-state index in [1.807, 2.05) is 13.8 Å². The maximum Gasteiger partial charge on any atom is 0.134 e. The van der Waals surface area contributed by atoms with Crippen LogP contribution >= 0.6 is 11.6 Å². The van der Waals surface area contributed by atoms with E-state index in [1.54, 1.807) is 6.92 Å². The van der Waals surface area contributed by atoms with Crippen LogP contribution in [-0.2, 0) is 4.79 Å². The Labute approximate surface area is 60.4 Å². The van der Waals surface area contributed by atoms with Crippen molar-refractivity contribution < 1.29 is 4.79 Å². The summed E-state index contributed by atoms with van der Waals surface area (Å²) in [5, 5.41) is 0. The molecule has 0 spiro atoms. The van der Waals surface area contributed by atoms with E-state index in [9.17, 15) is 4.79 Å². The maximum atomic E-state index is 10.7. The van der Waals surface area contributed by atoms with Crippen LogP contribution in [0.3, 0.4) is 0 Å². The fraction of sp³-hybridized carbons (Fsp3) is 0.857. The number of carbonyl (C=O) groups is 1. The third kappa shape index (κ3) is 0.877. The molecule has 52 valence electrons. The van der Waals surface area contributed by atoms with Gasteiger partial charge in [0.2, 0.25) is 0 Å². The van der Waals surface area contributed by atoms with Crippen molar-refractivity contribution in [1.29, 1.82) is 0 Å². The molecule has 0 unspecified atom stereocenters. The smallest absolute Gasteiger partial charge is 0.134 e. The van der Waals surface area contributed by atoms with E-state index >= 15 is 0 Å². The van der Waals surface area contributed by atoms with Gasteiger partial charge in [-0.25, -0.2) is 0 Å². The second-order valence-electron chi connectivity index (χ2n) is 3.03. The third-order valence-corrected chi connectivity index (χ3v) is 2.91. The molecular formula is C7H11ClO. The van der Waals surface area contributed by atoms with Crippen LogP contribution in [0.25, 0.3) is 0 Å². The first-order valence-electron chi connectivity index (χ1n) is 3.17. The Morgan fingerprint density at radius 3 is 2.00 bits per heavy atom. The summed E-state index contributed by atoms with van der Waals surface area (Å²) in [4.78, 5) is 10.5. The van der Waals surface area contributed by atoms with Crippen molar-refractivity contribution in [2.24, 2.45) is 11.8 Å². The van der Waals surface area contributed by atoms with Gasteiger partial charge in [0.05, 0.1) is 4.87 Å². The van der Waals surface area contributed by atoms with E-state index in [2.05, 4.69) is 0 Å². The Morgan fingerprint density at radius 2 is 2.00 bits per heavy atom. The largest absolute Gasteiger partial charge is 0.300 e. The molecular weight excluding hydrogens is 136 g/mol. The number of ketones is 1. The summed E-state index contributed by atoms with van der Waals surface area (Å²) in [5.74, 6) is 0.704. The lowest BCUT2D eigenvalue weighted by Crippen LogP contribution is -2.02. The molecule has 0 N–H and O–H groups in total. The topological polar surface area (TPSA) is 17.1 Å². The molecule has 1 rings (SSSR count). The molecule has 0 aromatic heterocycles. The summed E-state index contributed by atoms with van der Waals surface area (Å²) in [6.45, 7) is 5.54. The normalized spacial score (nSPS) is 48.9. The summed E-state index contributed by atoms with van der Waals surface area (Å²) in [7, 11) is 0. The lowest BCUT2D eigenvalue weighted by atomic mass is 10.2. The zero-order chi connectivity index (χ0) is 7.23. The summed E-state index contributed by atoms with van der Waals surface area (Å²) in [6.07, 6.45) is 0. The number of alkyl halides is 1. The Hall–Kier alpha value is -0.0400. The zero-order valence-electron chi connectivity index (χ0n) is 5.94. The van der Waals surface area contributed by atoms with Gasteiger partial charge in [-0.3, -0.25) is 4.79 Å². The molecule has 0 bridgehead atoms. The molecule has 0 saturated heterocycles. The molecule has 1 nitrogen and oxygen atoms in total. The Bertz CT molecular complexity index is 151. The molecule has 0 amide bonds. The highest BCUT2D eigenvalue weighted by molar-refractivity contribution is 6.28. The predicted molar refractivity (Wildman–Crippen MR) is 37.6 cm³/mol. The van der Waals surface area contributed by atoms with Crippen molar-refractivity contribution in [2.75, 3.05) is 0 Å².